The van der Waals surface area contributed by atoms with E-state index in [0.717, 1.165) is 28.3 Å². The average Bonchev–Trinajstić information content (AvgIpc) is 3.17. The van der Waals surface area contributed by atoms with Gasteiger partial charge in [-0.25, -0.2) is 5.43 Å². The molecule has 3 aromatic carbocycles. The number of carbonyl (C=O) groups excluding carboxylic acids is 2. The van der Waals surface area contributed by atoms with Crippen LogP contribution >= 0.6 is 0 Å². The first kappa shape index (κ1) is 24.6. The molecule has 1 aromatic heterocycles. The van der Waals surface area contributed by atoms with E-state index in [-0.39, 0.29) is 5.91 Å². The third-order valence-electron chi connectivity index (χ3n) is 6.00. The molecule has 1 heterocycles. The van der Waals surface area contributed by atoms with Crippen molar-refractivity contribution in [2.24, 2.45) is 5.10 Å². The zero-order valence-electron chi connectivity index (χ0n) is 20.4. The minimum absolute atomic E-state index is 0.122. The minimum Gasteiger partial charge on any atom is -0.372 e. The van der Waals surface area contributed by atoms with Gasteiger partial charge in [0.2, 0.25) is 5.91 Å². The summed E-state index contributed by atoms with van der Waals surface area (Å²) in [7, 11) is 0. The topological polar surface area (TPSA) is 95.7 Å². The van der Waals surface area contributed by atoms with E-state index in [1.165, 1.54) is 6.92 Å². The van der Waals surface area contributed by atoms with Gasteiger partial charge in [-0.3, -0.25) is 9.59 Å². The number of carbonyl (C=O) groups is 2. The summed E-state index contributed by atoms with van der Waals surface area (Å²) in [6.45, 7) is 5.41. The highest BCUT2D eigenvalue weighted by atomic mass is 16.3. The number of anilines is 1. The van der Waals surface area contributed by atoms with Crippen LogP contribution in [0.3, 0.4) is 0 Å². The molecule has 4 aromatic rings. The second kappa shape index (κ2) is 10.4. The van der Waals surface area contributed by atoms with E-state index in [0.29, 0.717) is 11.1 Å². The maximum Gasteiger partial charge on any atom is 0.281 e. The van der Waals surface area contributed by atoms with Gasteiger partial charge in [-0.1, -0.05) is 60.7 Å². The van der Waals surface area contributed by atoms with Crippen LogP contribution in [-0.4, -0.2) is 27.7 Å². The highest BCUT2D eigenvalue weighted by molar-refractivity contribution is 5.91. The van der Waals surface area contributed by atoms with Gasteiger partial charge in [0, 0.05) is 35.2 Å². The van der Waals surface area contributed by atoms with E-state index in [2.05, 4.69) is 20.4 Å². The molecule has 0 fully saturated rings. The lowest BCUT2D eigenvalue weighted by Crippen LogP contribution is -2.43. The number of aliphatic hydroxyl groups is 1. The Kier molecular flexibility index (Phi) is 7.12. The molecule has 0 aliphatic rings. The number of nitrogens with zero attached hydrogens (tertiary/aromatic N) is 2. The SMILES string of the molecule is CC(=O)Nc1ccc(-n2c(C)cc(/C=N/NC(=O)C(O)(c3ccccc3)c3ccccc3)c2C)cc1. The summed E-state index contributed by atoms with van der Waals surface area (Å²) in [4.78, 5) is 24.5. The predicted molar refractivity (Wildman–Crippen MR) is 141 cm³/mol. The van der Waals surface area contributed by atoms with E-state index in [9.17, 15) is 14.7 Å². The van der Waals surface area contributed by atoms with E-state index < -0.39 is 11.5 Å². The molecular formula is C29H28N4O3. The fraction of sp³-hybridized carbons (Fsp3) is 0.138. The summed E-state index contributed by atoms with van der Waals surface area (Å²) in [5, 5.41) is 18.5. The Balaban J connectivity index is 1.57. The molecule has 7 nitrogen and oxygen atoms in total. The minimum atomic E-state index is -1.90. The van der Waals surface area contributed by atoms with Crippen LogP contribution in [0.25, 0.3) is 5.69 Å². The Bertz CT molecular complexity index is 1350. The number of nitrogens with one attached hydrogen (secondary N) is 2. The van der Waals surface area contributed by atoms with E-state index in [1.807, 2.05) is 56.3 Å². The number of amides is 2. The van der Waals surface area contributed by atoms with Crippen LogP contribution in [0.15, 0.2) is 96.1 Å². The molecule has 0 unspecified atom stereocenters. The molecule has 7 heteroatoms. The lowest BCUT2D eigenvalue weighted by atomic mass is 9.85. The Morgan fingerprint density at radius 3 is 1.97 bits per heavy atom. The second-order valence-corrected chi connectivity index (χ2v) is 8.53. The fourth-order valence-corrected chi connectivity index (χ4v) is 4.24. The van der Waals surface area contributed by atoms with Crippen molar-refractivity contribution in [3.8, 4) is 5.69 Å². The van der Waals surface area contributed by atoms with Crippen LogP contribution in [0.4, 0.5) is 5.69 Å². The molecule has 0 aliphatic carbocycles. The molecular weight excluding hydrogens is 452 g/mol. The quantitative estimate of drug-likeness (QED) is 0.270. The molecule has 36 heavy (non-hydrogen) atoms. The first-order chi connectivity index (χ1) is 17.3. The highest BCUT2D eigenvalue weighted by Crippen LogP contribution is 2.30. The van der Waals surface area contributed by atoms with Gasteiger partial charge in [0.15, 0.2) is 5.60 Å². The van der Waals surface area contributed by atoms with Crippen molar-refractivity contribution in [2.75, 3.05) is 5.32 Å². The van der Waals surface area contributed by atoms with E-state index in [4.69, 9.17) is 0 Å². The number of hydrazone groups is 1. The Labute approximate surface area is 210 Å². The number of aryl methyl sites for hydroxylation is 1. The average molecular weight is 481 g/mol. The van der Waals surface area contributed by atoms with Gasteiger partial charge < -0.3 is 15.0 Å². The van der Waals surface area contributed by atoms with Gasteiger partial charge >= 0.3 is 0 Å². The lowest BCUT2D eigenvalue weighted by Gasteiger charge is -2.27. The summed E-state index contributed by atoms with van der Waals surface area (Å²) >= 11 is 0. The maximum absolute atomic E-state index is 13.2. The van der Waals surface area contributed by atoms with Crippen LogP contribution in [0, 0.1) is 13.8 Å². The molecule has 0 spiro atoms. The van der Waals surface area contributed by atoms with Gasteiger partial charge in [-0.05, 0) is 55.3 Å². The zero-order valence-corrected chi connectivity index (χ0v) is 20.4. The van der Waals surface area contributed by atoms with Crippen molar-refractivity contribution in [2.45, 2.75) is 26.4 Å². The third-order valence-corrected chi connectivity index (χ3v) is 6.00. The number of benzene rings is 3. The lowest BCUT2D eigenvalue weighted by molar-refractivity contribution is -0.136. The molecule has 4 rings (SSSR count). The number of rotatable bonds is 7. The molecule has 0 radical (unpaired) electrons. The molecule has 3 N–H and O–H groups in total. The van der Waals surface area contributed by atoms with Gasteiger partial charge in [0.05, 0.1) is 6.21 Å². The van der Waals surface area contributed by atoms with Crippen molar-refractivity contribution >= 4 is 23.7 Å². The molecule has 0 saturated heterocycles. The summed E-state index contributed by atoms with van der Waals surface area (Å²) in [6, 6.07) is 27.1. The van der Waals surface area contributed by atoms with Gasteiger partial charge in [0.25, 0.3) is 5.91 Å². The predicted octanol–water partition coefficient (Wildman–Crippen LogP) is 4.44. The fourth-order valence-electron chi connectivity index (χ4n) is 4.24. The van der Waals surface area contributed by atoms with Crippen molar-refractivity contribution in [1.82, 2.24) is 9.99 Å². The van der Waals surface area contributed by atoms with Crippen LogP contribution in [-0.2, 0) is 15.2 Å². The van der Waals surface area contributed by atoms with Crippen LogP contribution in [0.2, 0.25) is 0 Å². The Morgan fingerprint density at radius 1 is 0.889 bits per heavy atom. The van der Waals surface area contributed by atoms with E-state index >= 15 is 0 Å². The number of hydrogen-bond donors (Lipinski definition) is 3. The molecule has 0 bridgehead atoms. The zero-order chi connectivity index (χ0) is 25.7. The molecule has 182 valence electrons. The number of hydrogen-bond acceptors (Lipinski definition) is 4. The van der Waals surface area contributed by atoms with Crippen molar-refractivity contribution in [3.05, 3.63) is 119 Å². The van der Waals surface area contributed by atoms with Crippen LogP contribution in [0.5, 0.6) is 0 Å². The summed E-state index contributed by atoms with van der Waals surface area (Å²) in [6.07, 6.45) is 1.57. The second-order valence-electron chi connectivity index (χ2n) is 8.53. The third kappa shape index (κ3) is 4.96. The monoisotopic (exact) mass is 480 g/mol. The highest BCUT2D eigenvalue weighted by Gasteiger charge is 2.39. The first-order valence-electron chi connectivity index (χ1n) is 11.5. The van der Waals surface area contributed by atoms with E-state index in [1.54, 1.807) is 54.7 Å². The molecule has 0 atom stereocenters. The maximum atomic E-state index is 13.2. The van der Waals surface area contributed by atoms with Crippen LogP contribution in [0.1, 0.15) is 35.0 Å². The van der Waals surface area contributed by atoms with Crippen molar-refractivity contribution in [3.63, 3.8) is 0 Å². The Morgan fingerprint density at radius 2 is 1.44 bits per heavy atom. The van der Waals surface area contributed by atoms with Gasteiger partial charge in [-0.15, -0.1) is 0 Å². The van der Waals surface area contributed by atoms with Crippen molar-refractivity contribution < 1.29 is 14.7 Å². The normalized spacial score (nSPS) is 11.4. The molecule has 0 saturated carbocycles. The van der Waals surface area contributed by atoms with Gasteiger partial charge in [-0.2, -0.15) is 5.10 Å². The Hall–Kier alpha value is -4.49. The summed E-state index contributed by atoms with van der Waals surface area (Å²) in [5.41, 5.74) is 5.92. The summed E-state index contributed by atoms with van der Waals surface area (Å²) in [5.74, 6) is -0.776. The van der Waals surface area contributed by atoms with Crippen LogP contribution < -0.4 is 10.7 Å². The standard InChI is InChI=1S/C29H28N4O3/c1-20-18-23(21(2)33(20)27-16-14-26(15-17-27)31-22(3)34)19-30-32-28(35)29(36,24-10-6-4-7-11-24)25-12-8-5-9-13-25/h4-19,36H,1-3H3,(H,31,34)(H,32,35)/b30-19+. The van der Waals surface area contributed by atoms with Gasteiger partial charge in [0.1, 0.15) is 0 Å². The number of aromatic nitrogens is 1. The largest absolute Gasteiger partial charge is 0.372 e. The molecule has 2 amide bonds. The smallest absolute Gasteiger partial charge is 0.281 e. The van der Waals surface area contributed by atoms with Crippen molar-refractivity contribution in [1.29, 1.82) is 0 Å². The molecule has 0 aliphatic heterocycles. The summed E-state index contributed by atoms with van der Waals surface area (Å²) < 4.78 is 2.06. The first-order valence-corrected chi connectivity index (χ1v) is 11.5.